The number of amides is 2. The third-order valence-electron chi connectivity index (χ3n) is 6.07. The van der Waals surface area contributed by atoms with E-state index in [-0.39, 0.29) is 17.7 Å². The first-order valence-electron chi connectivity index (χ1n) is 11.8. The summed E-state index contributed by atoms with van der Waals surface area (Å²) >= 11 is 0. The van der Waals surface area contributed by atoms with Gasteiger partial charge in [-0.15, -0.1) is 0 Å². The van der Waals surface area contributed by atoms with Crippen molar-refractivity contribution < 1.29 is 35.9 Å². The quantitative estimate of drug-likeness (QED) is 0.291. The van der Waals surface area contributed by atoms with Crippen molar-refractivity contribution >= 4 is 11.8 Å². The highest BCUT2D eigenvalue weighted by Crippen LogP contribution is 2.31. The molecule has 4 aromatic rings. The number of primary amides is 1. The van der Waals surface area contributed by atoms with E-state index in [1.54, 1.807) is 6.07 Å². The zero-order valence-electron chi connectivity index (χ0n) is 20.7. The van der Waals surface area contributed by atoms with Crippen LogP contribution in [0.2, 0.25) is 0 Å². The molecule has 208 valence electrons. The van der Waals surface area contributed by atoms with Crippen molar-refractivity contribution in [3.8, 4) is 11.1 Å². The number of nitrogens with two attached hydrogens (primary N) is 1. The molecule has 0 aliphatic heterocycles. The van der Waals surface area contributed by atoms with Crippen LogP contribution in [0.3, 0.4) is 0 Å². The van der Waals surface area contributed by atoms with Crippen molar-refractivity contribution in [3.63, 3.8) is 0 Å². The lowest BCUT2D eigenvalue weighted by atomic mass is 9.94. The van der Waals surface area contributed by atoms with E-state index in [1.165, 1.54) is 31.3 Å². The Morgan fingerprint density at radius 1 is 1.02 bits per heavy atom. The van der Waals surface area contributed by atoms with Crippen LogP contribution >= 0.6 is 0 Å². The van der Waals surface area contributed by atoms with Crippen LogP contribution < -0.4 is 11.1 Å². The number of hydrogen-bond donors (Lipinski definition) is 2. The first-order chi connectivity index (χ1) is 18.8. The van der Waals surface area contributed by atoms with Crippen molar-refractivity contribution in [2.45, 2.75) is 31.6 Å². The Morgan fingerprint density at radius 3 is 2.35 bits per heavy atom. The van der Waals surface area contributed by atoms with Gasteiger partial charge in [-0.25, -0.2) is 13.2 Å². The number of benzene rings is 2. The van der Waals surface area contributed by atoms with Gasteiger partial charge in [-0.1, -0.05) is 12.1 Å². The summed E-state index contributed by atoms with van der Waals surface area (Å²) < 4.78 is 81.9. The predicted octanol–water partition coefficient (Wildman–Crippen LogP) is 5.14. The monoisotopic (exact) mass is 561 g/mol. The molecule has 3 N–H and O–H groups in total. The summed E-state index contributed by atoms with van der Waals surface area (Å²) in [7, 11) is 0. The van der Waals surface area contributed by atoms with Crippen molar-refractivity contribution in [1.29, 1.82) is 0 Å². The van der Waals surface area contributed by atoms with Gasteiger partial charge in [0.1, 0.15) is 23.5 Å². The predicted molar refractivity (Wildman–Crippen MR) is 131 cm³/mol. The number of rotatable bonds is 8. The SMILES string of the molecule is CC(C(=O)NC(Cc1cc(F)cc(F)c1)c1ncccc1-c1ccc(F)c(C(N)=O)c1)n1ccc(C(F)(F)F)n1. The number of hydrogen-bond acceptors (Lipinski definition) is 4. The van der Waals surface area contributed by atoms with E-state index < -0.39 is 58.8 Å². The van der Waals surface area contributed by atoms with Gasteiger partial charge in [-0.2, -0.15) is 18.3 Å². The topological polar surface area (TPSA) is 103 Å². The molecule has 2 aromatic carbocycles. The third kappa shape index (κ3) is 6.30. The number of pyridine rings is 1. The fourth-order valence-electron chi connectivity index (χ4n) is 4.12. The summed E-state index contributed by atoms with van der Waals surface area (Å²) in [5.74, 6) is -4.37. The molecule has 0 bridgehead atoms. The van der Waals surface area contributed by atoms with Crippen LogP contribution in [-0.4, -0.2) is 26.6 Å². The lowest BCUT2D eigenvalue weighted by Crippen LogP contribution is -2.36. The standard InChI is InChI=1S/C27H21F6N5O2/c1-14(38-8-6-23(37-38)27(31,32)33)26(40)36-22(11-15-9-17(28)13-18(29)10-15)24-19(3-2-7-35-24)16-4-5-21(30)20(12-16)25(34)39/h2-10,12-14,22H,11H2,1H3,(H2,34,39)(H,36,40). The second kappa shape index (κ2) is 11.2. The summed E-state index contributed by atoms with van der Waals surface area (Å²) in [5, 5.41) is 6.10. The molecule has 0 saturated heterocycles. The van der Waals surface area contributed by atoms with Gasteiger partial charge in [-0.3, -0.25) is 19.3 Å². The zero-order chi connectivity index (χ0) is 29.2. The Bertz CT molecular complexity index is 1550. The molecule has 0 saturated carbocycles. The van der Waals surface area contributed by atoms with Gasteiger partial charge in [0.25, 0.3) is 5.91 Å². The van der Waals surface area contributed by atoms with Crippen LogP contribution in [0.4, 0.5) is 26.3 Å². The summed E-state index contributed by atoms with van der Waals surface area (Å²) in [6.07, 6.45) is -2.52. The number of carbonyl (C=O) groups excluding carboxylic acids is 2. The smallest absolute Gasteiger partial charge is 0.366 e. The first kappa shape index (κ1) is 28.3. The molecule has 40 heavy (non-hydrogen) atoms. The van der Waals surface area contributed by atoms with E-state index in [2.05, 4.69) is 15.4 Å². The largest absolute Gasteiger partial charge is 0.435 e. The Hall–Kier alpha value is -4.68. The van der Waals surface area contributed by atoms with E-state index in [0.717, 1.165) is 35.1 Å². The minimum absolute atomic E-state index is 0.141. The summed E-state index contributed by atoms with van der Waals surface area (Å²) in [5.41, 5.74) is 4.64. The number of carbonyl (C=O) groups is 2. The average Bonchev–Trinajstić information content (AvgIpc) is 3.38. The molecular weight excluding hydrogens is 540 g/mol. The molecule has 4 rings (SSSR count). The maximum atomic E-state index is 14.1. The molecule has 2 amide bonds. The van der Waals surface area contributed by atoms with Crippen LogP contribution in [0.25, 0.3) is 11.1 Å². The van der Waals surface area contributed by atoms with Gasteiger partial charge < -0.3 is 11.1 Å². The second-order valence-electron chi connectivity index (χ2n) is 8.89. The molecule has 13 heteroatoms. The molecule has 7 nitrogen and oxygen atoms in total. The fraction of sp³-hybridized carbons (Fsp3) is 0.185. The lowest BCUT2D eigenvalue weighted by molar-refractivity contribution is -0.142. The molecule has 0 aliphatic carbocycles. The number of nitrogens with zero attached hydrogens (tertiary/aromatic N) is 3. The number of aromatic nitrogens is 3. The highest BCUT2D eigenvalue weighted by Gasteiger charge is 2.34. The Kier molecular flexibility index (Phi) is 7.93. The molecule has 0 aliphatic rings. The minimum Gasteiger partial charge on any atom is -0.366 e. The summed E-state index contributed by atoms with van der Waals surface area (Å²) in [4.78, 5) is 29.2. The second-order valence-corrected chi connectivity index (χ2v) is 8.89. The van der Waals surface area contributed by atoms with Gasteiger partial charge in [0.05, 0.1) is 17.3 Å². The number of nitrogens with one attached hydrogen (secondary N) is 1. The molecule has 2 atom stereocenters. The van der Waals surface area contributed by atoms with Crippen LogP contribution in [0, 0.1) is 17.5 Å². The summed E-state index contributed by atoms with van der Waals surface area (Å²) in [6.45, 7) is 1.32. The van der Waals surface area contributed by atoms with Crippen molar-refractivity contribution in [2.75, 3.05) is 0 Å². The highest BCUT2D eigenvalue weighted by atomic mass is 19.4. The average molecular weight is 561 g/mol. The fourth-order valence-corrected chi connectivity index (χ4v) is 4.12. The molecule has 2 unspecified atom stereocenters. The van der Waals surface area contributed by atoms with Crippen LogP contribution in [0.5, 0.6) is 0 Å². The van der Waals surface area contributed by atoms with Gasteiger partial charge in [-0.05, 0) is 60.9 Å². The summed E-state index contributed by atoms with van der Waals surface area (Å²) in [6, 6.07) is 7.90. The normalized spacial score (nSPS) is 13.1. The molecule has 0 radical (unpaired) electrons. The van der Waals surface area contributed by atoms with E-state index in [1.807, 2.05) is 0 Å². The third-order valence-corrected chi connectivity index (χ3v) is 6.07. The lowest BCUT2D eigenvalue weighted by Gasteiger charge is -2.23. The maximum Gasteiger partial charge on any atom is 0.435 e. The number of halogens is 6. The molecule has 0 fully saturated rings. The van der Waals surface area contributed by atoms with Gasteiger partial charge in [0.2, 0.25) is 5.91 Å². The maximum absolute atomic E-state index is 14.1. The Labute approximate surface area is 223 Å². The molecule has 0 spiro atoms. The van der Waals surface area contributed by atoms with Crippen LogP contribution in [0.15, 0.2) is 67.0 Å². The van der Waals surface area contributed by atoms with E-state index in [0.29, 0.717) is 17.2 Å². The minimum atomic E-state index is -4.72. The highest BCUT2D eigenvalue weighted by molar-refractivity contribution is 5.94. The van der Waals surface area contributed by atoms with Crippen molar-refractivity contribution in [2.24, 2.45) is 5.73 Å². The van der Waals surface area contributed by atoms with Gasteiger partial charge >= 0.3 is 6.18 Å². The Balaban J connectivity index is 1.75. The van der Waals surface area contributed by atoms with Crippen molar-refractivity contribution in [1.82, 2.24) is 20.1 Å². The van der Waals surface area contributed by atoms with Crippen LogP contribution in [0.1, 0.15) is 46.3 Å². The Morgan fingerprint density at radius 2 is 1.73 bits per heavy atom. The van der Waals surface area contributed by atoms with E-state index >= 15 is 0 Å². The van der Waals surface area contributed by atoms with E-state index in [4.69, 9.17) is 5.73 Å². The first-order valence-corrected chi connectivity index (χ1v) is 11.8. The molecular formula is C27H21F6N5O2. The van der Waals surface area contributed by atoms with E-state index in [9.17, 15) is 35.9 Å². The van der Waals surface area contributed by atoms with Crippen LogP contribution in [-0.2, 0) is 17.4 Å². The zero-order valence-corrected chi connectivity index (χ0v) is 20.7. The number of alkyl halides is 3. The van der Waals surface area contributed by atoms with Crippen molar-refractivity contribution in [3.05, 3.63) is 107 Å². The molecule has 2 aromatic heterocycles. The molecule has 2 heterocycles. The van der Waals surface area contributed by atoms with Gasteiger partial charge in [0, 0.05) is 24.0 Å². The van der Waals surface area contributed by atoms with Gasteiger partial charge in [0.15, 0.2) is 5.69 Å².